The van der Waals surface area contributed by atoms with Crippen molar-refractivity contribution >= 4 is 19.2 Å². The fraction of sp³-hybridized carbons (Fsp3) is 0.742. The van der Waals surface area contributed by atoms with Crippen molar-refractivity contribution in [3.63, 3.8) is 0 Å². The second kappa shape index (κ2) is 10.5. The van der Waals surface area contributed by atoms with Gasteiger partial charge in [-0.1, -0.05) is 19.9 Å². The summed E-state index contributed by atoms with van der Waals surface area (Å²) in [4.78, 5) is 26.5. The van der Waals surface area contributed by atoms with Crippen molar-refractivity contribution in [1.82, 2.24) is 5.32 Å². The van der Waals surface area contributed by atoms with Crippen LogP contribution in [0.15, 0.2) is 12.1 Å². The molecule has 10 heteroatoms. The topological polar surface area (TPSA) is 102 Å². The van der Waals surface area contributed by atoms with Crippen LogP contribution in [0.3, 0.4) is 0 Å². The normalized spacial score (nSPS) is 28.7. The van der Waals surface area contributed by atoms with E-state index in [1.807, 2.05) is 6.07 Å². The van der Waals surface area contributed by atoms with Gasteiger partial charge in [-0.05, 0) is 103 Å². The van der Waals surface area contributed by atoms with Crippen molar-refractivity contribution < 1.29 is 37.8 Å². The molecule has 3 saturated carbocycles. The molecule has 2 aliphatic heterocycles. The van der Waals surface area contributed by atoms with Gasteiger partial charge in [-0.3, -0.25) is 0 Å². The summed E-state index contributed by atoms with van der Waals surface area (Å²) in [6, 6.07) is 3.59. The Morgan fingerprint density at radius 2 is 1.71 bits per heavy atom. The average Bonchev–Trinajstić information content (AvgIpc) is 3.14. The largest absolute Gasteiger partial charge is 0.514 e. The van der Waals surface area contributed by atoms with Crippen LogP contribution in [0.2, 0.25) is 6.32 Å². The van der Waals surface area contributed by atoms with Crippen LogP contribution in [0.4, 0.5) is 4.79 Å². The molecule has 0 amide bonds. The molecule has 41 heavy (non-hydrogen) atoms. The first-order valence-electron chi connectivity index (χ1n) is 15.0. The lowest BCUT2D eigenvalue weighted by atomic mass is 9.43. The first-order chi connectivity index (χ1) is 19.0. The second-order valence-corrected chi connectivity index (χ2v) is 14.8. The summed E-state index contributed by atoms with van der Waals surface area (Å²) in [7, 11) is -0.392. The van der Waals surface area contributed by atoms with Crippen LogP contribution in [0.25, 0.3) is 0 Å². The van der Waals surface area contributed by atoms with Crippen LogP contribution in [0.5, 0.6) is 11.5 Å². The molecule has 0 unspecified atom stereocenters. The van der Waals surface area contributed by atoms with E-state index in [0.29, 0.717) is 49.0 Å². The maximum Gasteiger partial charge on any atom is 0.514 e. The van der Waals surface area contributed by atoms with E-state index in [9.17, 15) is 9.59 Å². The van der Waals surface area contributed by atoms with Crippen molar-refractivity contribution in [2.45, 2.75) is 117 Å². The van der Waals surface area contributed by atoms with Gasteiger partial charge in [0.15, 0.2) is 5.75 Å². The Kier molecular flexibility index (Phi) is 7.69. The molecule has 226 valence electrons. The van der Waals surface area contributed by atoms with E-state index in [1.54, 1.807) is 47.6 Å². The van der Waals surface area contributed by atoms with Crippen LogP contribution in [0, 0.1) is 17.3 Å². The summed E-state index contributed by atoms with van der Waals surface area (Å²) >= 11 is 0. The number of aryl methyl sites for hydroxylation is 1. The van der Waals surface area contributed by atoms with Gasteiger partial charge in [-0.25, -0.2) is 9.59 Å². The van der Waals surface area contributed by atoms with Gasteiger partial charge in [-0.15, -0.1) is 0 Å². The molecule has 0 radical (unpaired) electrons. The zero-order valence-electron chi connectivity index (χ0n) is 26.1. The monoisotopic (exact) mass is 571 g/mol. The molecule has 6 rings (SSSR count). The minimum Gasteiger partial charge on any atom is -0.487 e. The minimum atomic E-state index is -0.903. The fourth-order valence-corrected chi connectivity index (χ4v) is 6.77. The molecule has 9 nitrogen and oxygen atoms in total. The highest BCUT2D eigenvalue weighted by molar-refractivity contribution is 6.45. The predicted octanol–water partition coefficient (Wildman–Crippen LogP) is 5.58. The Hall–Kier alpha value is -2.30. The number of nitrogens with one attached hydrogen (secondary N) is 1. The smallest absolute Gasteiger partial charge is 0.487 e. The van der Waals surface area contributed by atoms with Crippen LogP contribution >= 0.6 is 0 Å². The molecule has 5 fully saturated rings. The van der Waals surface area contributed by atoms with E-state index < -0.39 is 30.4 Å². The van der Waals surface area contributed by atoms with E-state index >= 15 is 0 Å². The number of rotatable bonds is 7. The van der Waals surface area contributed by atoms with E-state index in [2.05, 4.69) is 26.1 Å². The van der Waals surface area contributed by atoms with Crippen molar-refractivity contribution in [1.29, 1.82) is 0 Å². The van der Waals surface area contributed by atoms with Crippen molar-refractivity contribution in [2.75, 3.05) is 13.1 Å². The number of hydrogen-bond acceptors (Lipinski definition) is 9. The van der Waals surface area contributed by atoms with Gasteiger partial charge < -0.3 is 33.6 Å². The quantitative estimate of drug-likeness (QED) is 0.255. The highest BCUT2D eigenvalue weighted by atomic mass is 16.7. The fourth-order valence-electron chi connectivity index (χ4n) is 6.77. The molecular formula is C31H46BNO8. The molecule has 1 N–H and O–H groups in total. The Balaban J connectivity index is 1.42. The number of carbonyl (C=O) groups excluding carboxylic acids is 2. The highest BCUT2D eigenvalue weighted by Gasteiger charge is 2.67. The summed E-state index contributed by atoms with van der Waals surface area (Å²) in [6.07, 6.45) is 2.25. The van der Waals surface area contributed by atoms with E-state index in [1.165, 1.54) is 6.42 Å². The Bertz CT molecular complexity index is 1180. The van der Waals surface area contributed by atoms with Gasteiger partial charge in [0.2, 0.25) is 0 Å². The van der Waals surface area contributed by atoms with E-state index in [0.717, 1.165) is 6.42 Å². The summed E-state index contributed by atoms with van der Waals surface area (Å²) < 4.78 is 36.2. The molecule has 3 aliphatic carbocycles. The van der Waals surface area contributed by atoms with Gasteiger partial charge in [0, 0.05) is 13.1 Å². The lowest BCUT2D eigenvalue weighted by Gasteiger charge is -2.64. The summed E-state index contributed by atoms with van der Waals surface area (Å²) in [5.74, 6) is 0.891. The van der Waals surface area contributed by atoms with Crippen LogP contribution < -0.4 is 14.8 Å². The van der Waals surface area contributed by atoms with Gasteiger partial charge in [-0.2, -0.15) is 0 Å². The first kappa shape index (κ1) is 30.2. The minimum absolute atomic E-state index is 0.0749. The summed E-state index contributed by atoms with van der Waals surface area (Å²) in [5, 5.41) is 3.16. The molecule has 0 aromatic heterocycles. The molecule has 1 aromatic rings. The van der Waals surface area contributed by atoms with E-state index in [-0.39, 0.29) is 34.5 Å². The Morgan fingerprint density at radius 3 is 2.29 bits per heavy atom. The predicted molar refractivity (Wildman–Crippen MR) is 154 cm³/mol. The summed E-state index contributed by atoms with van der Waals surface area (Å²) in [5.41, 5.74) is -0.877. The number of hydrogen-bond donors (Lipinski definition) is 1. The van der Waals surface area contributed by atoms with Gasteiger partial charge in [0.1, 0.15) is 28.6 Å². The second-order valence-electron chi connectivity index (χ2n) is 14.8. The third-order valence-corrected chi connectivity index (χ3v) is 9.07. The standard InChI is InChI=1S/C31H46BNO8/c1-28(2,3)38-26(34)24-21(36-20-16-33-17-20)11-10-18(25(24)37-27(35)39-29(4,5)6)12-13-32-40-23-15-19-14-22(30(19,7)8)31(23,9)41-32/h10-11,19-20,22-23,33H,12-17H2,1-9H3/t19-,22-,23+,31-/m0/s1. The lowest BCUT2D eigenvalue weighted by molar-refractivity contribution is -0.199. The molecule has 1 aromatic carbocycles. The Labute approximate surface area is 244 Å². The molecule has 2 heterocycles. The molecule has 5 aliphatic rings. The van der Waals surface area contributed by atoms with E-state index in [4.69, 9.17) is 28.3 Å². The first-order valence-corrected chi connectivity index (χ1v) is 15.0. The molecule has 2 bridgehead atoms. The third-order valence-electron chi connectivity index (χ3n) is 9.07. The van der Waals surface area contributed by atoms with Crippen molar-refractivity contribution in [3.05, 3.63) is 23.3 Å². The number of carbonyl (C=O) groups is 2. The van der Waals surface area contributed by atoms with Gasteiger partial charge in [0.25, 0.3) is 0 Å². The number of benzene rings is 1. The molecule has 4 atom stereocenters. The maximum atomic E-state index is 13.6. The number of esters is 1. The average molecular weight is 572 g/mol. The summed E-state index contributed by atoms with van der Waals surface area (Å²) in [6.45, 7) is 18.8. The van der Waals surface area contributed by atoms with Gasteiger partial charge >= 0.3 is 19.2 Å². The SMILES string of the molecule is CC(C)(C)OC(=O)Oc1c(CCB2O[C@@H]3C[C@@H]4C[C@@H](C4(C)C)[C@]3(C)O2)ccc(OC2CNC2)c1C(=O)OC(C)(C)C. The van der Waals surface area contributed by atoms with Crippen molar-refractivity contribution in [3.8, 4) is 11.5 Å². The van der Waals surface area contributed by atoms with Crippen LogP contribution in [0.1, 0.15) is 91.1 Å². The zero-order chi connectivity index (χ0) is 30.0. The molecular weight excluding hydrogens is 525 g/mol. The zero-order valence-corrected chi connectivity index (χ0v) is 26.1. The lowest BCUT2D eigenvalue weighted by Crippen LogP contribution is -2.65. The Morgan fingerprint density at radius 1 is 1.02 bits per heavy atom. The third kappa shape index (κ3) is 6.11. The molecule has 0 spiro atoms. The molecule has 2 saturated heterocycles. The van der Waals surface area contributed by atoms with Crippen LogP contribution in [-0.2, 0) is 25.2 Å². The maximum absolute atomic E-state index is 13.6. The van der Waals surface area contributed by atoms with Crippen LogP contribution in [-0.4, -0.2) is 61.3 Å². The van der Waals surface area contributed by atoms with Crippen molar-refractivity contribution in [2.24, 2.45) is 17.3 Å². The highest BCUT2D eigenvalue weighted by Crippen LogP contribution is 2.65. The van der Waals surface area contributed by atoms with Gasteiger partial charge in [0.05, 0.1) is 11.7 Å². The number of ether oxygens (including phenoxy) is 4.